The van der Waals surface area contributed by atoms with Gasteiger partial charge in [0, 0.05) is 24.1 Å². The summed E-state index contributed by atoms with van der Waals surface area (Å²) < 4.78 is 6.56. The molecule has 0 bridgehead atoms. The Kier molecular flexibility index (Phi) is 3.36. The Morgan fingerprint density at radius 1 is 1.35 bits per heavy atom. The lowest BCUT2D eigenvalue weighted by Gasteiger charge is -2.20. The van der Waals surface area contributed by atoms with Crippen molar-refractivity contribution in [2.75, 3.05) is 0 Å². The molecule has 1 amide bonds. The third kappa shape index (κ3) is 2.83. The molecule has 0 aromatic carbocycles. The van der Waals surface area contributed by atoms with Gasteiger partial charge in [0.1, 0.15) is 11.5 Å². The largest absolute Gasteiger partial charge is 0.618 e. The van der Waals surface area contributed by atoms with E-state index in [1.54, 1.807) is 23.1 Å². The molecule has 0 N–H and O–H groups in total. The minimum atomic E-state index is -0.221. The fourth-order valence-electron chi connectivity index (χ4n) is 3.06. The Morgan fingerprint density at radius 2 is 2.13 bits per heavy atom. The summed E-state index contributed by atoms with van der Waals surface area (Å²) >= 11 is 0. The van der Waals surface area contributed by atoms with Gasteiger partial charge in [0.05, 0.1) is 6.54 Å². The van der Waals surface area contributed by atoms with Gasteiger partial charge in [-0.1, -0.05) is 6.92 Å². The number of furan rings is 1. The van der Waals surface area contributed by atoms with Gasteiger partial charge in [-0.3, -0.25) is 4.79 Å². The van der Waals surface area contributed by atoms with E-state index in [0.717, 1.165) is 24.4 Å². The van der Waals surface area contributed by atoms with Crippen molar-refractivity contribution in [3.63, 3.8) is 0 Å². The van der Waals surface area contributed by atoms with Crippen LogP contribution in [0.4, 0.5) is 0 Å². The molecule has 4 rings (SSSR count). The predicted molar refractivity (Wildman–Crippen MR) is 83.5 cm³/mol. The van der Waals surface area contributed by atoms with Crippen LogP contribution in [0.25, 0.3) is 0 Å². The van der Waals surface area contributed by atoms with Crippen molar-refractivity contribution in [1.29, 1.82) is 0 Å². The average molecular weight is 312 g/mol. The average Bonchev–Trinajstić information content (AvgIpc) is 3.46. The Balaban J connectivity index is 1.53. The van der Waals surface area contributed by atoms with E-state index in [4.69, 9.17) is 4.42 Å². The minimum Gasteiger partial charge on any atom is -0.618 e. The first-order chi connectivity index (χ1) is 11.1. The topological polar surface area (TPSA) is 60.4 Å². The van der Waals surface area contributed by atoms with Gasteiger partial charge in [-0.25, -0.2) is 0 Å². The van der Waals surface area contributed by atoms with Crippen molar-refractivity contribution in [2.45, 2.75) is 44.7 Å². The number of nitrogens with zero attached hydrogens (tertiary/aromatic N) is 2. The number of carbonyl (C=O) groups is 1. The molecule has 2 aromatic rings. The number of hydrogen-bond acceptors (Lipinski definition) is 3. The molecule has 0 radical (unpaired) electrons. The highest BCUT2D eigenvalue weighted by molar-refractivity contribution is 5.91. The first-order valence-corrected chi connectivity index (χ1v) is 8.21. The Hall–Kier alpha value is -2.30. The van der Waals surface area contributed by atoms with Crippen LogP contribution in [0.1, 0.15) is 54.1 Å². The Labute approximate surface area is 135 Å². The lowest BCUT2D eigenvalue weighted by molar-refractivity contribution is -0.608. The van der Waals surface area contributed by atoms with E-state index in [-0.39, 0.29) is 17.6 Å². The predicted octanol–water partition coefficient (Wildman–Crippen LogP) is 2.84. The summed E-state index contributed by atoms with van der Waals surface area (Å²) in [6.45, 7) is 2.65. The molecule has 2 unspecified atom stereocenters. The molecule has 2 atom stereocenters. The second-order valence-corrected chi connectivity index (χ2v) is 6.70. The van der Waals surface area contributed by atoms with E-state index < -0.39 is 0 Å². The van der Waals surface area contributed by atoms with Crippen LogP contribution in [-0.4, -0.2) is 16.8 Å². The standard InChI is InChI=1S/C18H20N2O3/c1-12-10-15(12)17-8-7-14(23-17)11-19(13-5-6-13)18(21)16-4-2-3-9-20(16)22/h2-4,7-9,12-13,15H,5-6,10-11H2,1H3. The van der Waals surface area contributed by atoms with Crippen LogP contribution in [0, 0.1) is 11.1 Å². The summed E-state index contributed by atoms with van der Waals surface area (Å²) in [7, 11) is 0. The maximum atomic E-state index is 12.7. The highest BCUT2D eigenvalue weighted by Gasteiger charge is 2.38. The third-order valence-corrected chi connectivity index (χ3v) is 4.78. The van der Waals surface area contributed by atoms with Crippen LogP contribution in [-0.2, 0) is 6.54 Å². The molecule has 0 saturated heterocycles. The summed E-state index contributed by atoms with van der Waals surface area (Å²) in [4.78, 5) is 14.5. The molecule has 0 aliphatic heterocycles. The normalized spacial score (nSPS) is 22.8. The number of rotatable bonds is 5. The van der Waals surface area contributed by atoms with E-state index >= 15 is 0 Å². The molecular weight excluding hydrogens is 292 g/mol. The highest BCUT2D eigenvalue weighted by atomic mass is 16.5. The van der Waals surface area contributed by atoms with Crippen molar-refractivity contribution in [3.8, 4) is 0 Å². The maximum absolute atomic E-state index is 12.7. The molecule has 2 fully saturated rings. The fourth-order valence-corrected chi connectivity index (χ4v) is 3.06. The summed E-state index contributed by atoms with van der Waals surface area (Å²) in [6.07, 6.45) is 4.52. The van der Waals surface area contributed by atoms with Crippen molar-refractivity contribution >= 4 is 5.91 Å². The number of amides is 1. The summed E-state index contributed by atoms with van der Waals surface area (Å²) in [5, 5.41) is 11.8. The molecule has 2 saturated carbocycles. The SMILES string of the molecule is CC1CC1c1ccc(CN(C(=O)c2cccc[n+]2[O-])C2CC2)o1. The quantitative estimate of drug-likeness (QED) is 0.630. The number of hydrogen-bond donors (Lipinski definition) is 0. The number of aromatic nitrogens is 1. The van der Waals surface area contributed by atoms with Gasteiger partial charge in [-0.2, -0.15) is 4.73 Å². The van der Waals surface area contributed by atoms with Gasteiger partial charge in [-0.15, -0.1) is 0 Å². The fraction of sp³-hybridized carbons (Fsp3) is 0.444. The highest BCUT2D eigenvalue weighted by Crippen LogP contribution is 2.47. The van der Waals surface area contributed by atoms with E-state index in [2.05, 4.69) is 6.92 Å². The van der Waals surface area contributed by atoms with Crippen molar-refractivity contribution in [3.05, 3.63) is 59.0 Å². The summed E-state index contributed by atoms with van der Waals surface area (Å²) in [6, 6.07) is 9.11. The van der Waals surface area contributed by atoms with Gasteiger partial charge < -0.3 is 14.5 Å². The minimum absolute atomic E-state index is 0.169. The van der Waals surface area contributed by atoms with Gasteiger partial charge >= 0.3 is 5.91 Å². The molecule has 2 aliphatic carbocycles. The van der Waals surface area contributed by atoms with Crippen LogP contribution in [0.15, 0.2) is 40.9 Å². The van der Waals surface area contributed by atoms with Gasteiger partial charge in [-0.05, 0) is 43.4 Å². The summed E-state index contributed by atoms with van der Waals surface area (Å²) in [5.74, 6) is 2.83. The molecule has 2 aromatic heterocycles. The first kappa shape index (κ1) is 14.3. The van der Waals surface area contributed by atoms with Crippen LogP contribution in [0.3, 0.4) is 0 Å². The third-order valence-electron chi connectivity index (χ3n) is 4.78. The number of pyridine rings is 1. The van der Waals surface area contributed by atoms with Crippen LogP contribution < -0.4 is 4.73 Å². The first-order valence-electron chi connectivity index (χ1n) is 8.21. The van der Waals surface area contributed by atoms with Crippen LogP contribution in [0.2, 0.25) is 0 Å². The second kappa shape index (κ2) is 5.41. The molecular formula is C18H20N2O3. The van der Waals surface area contributed by atoms with Crippen LogP contribution >= 0.6 is 0 Å². The molecule has 2 heterocycles. The van der Waals surface area contributed by atoms with Crippen molar-refractivity contribution in [2.24, 2.45) is 5.92 Å². The maximum Gasteiger partial charge on any atom is 0.320 e. The Morgan fingerprint density at radius 3 is 2.78 bits per heavy atom. The molecule has 5 nitrogen and oxygen atoms in total. The van der Waals surface area contributed by atoms with E-state index in [0.29, 0.717) is 23.1 Å². The van der Waals surface area contributed by atoms with Gasteiger partial charge in [0.15, 0.2) is 6.20 Å². The number of carbonyl (C=O) groups excluding carboxylic acids is 1. The van der Waals surface area contributed by atoms with Crippen LogP contribution in [0.5, 0.6) is 0 Å². The summed E-state index contributed by atoms with van der Waals surface area (Å²) in [5.41, 5.74) is 0.169. The molecule has 2 aliphatic rings. The molecule has 0 spiro atoms. The van der Waals surface area contributed by atoms with Gasteiger partial charge in [0.2, 0.25) is 0 Å². The zero-order valence-corrected chi connectivity index (χ0v) is 13.1. The molecule has 5 heteroatoms. The van der Waals surface area contributed by atoms with Crippen molar-refractivity contribution < 1.29 is 13.9 Å². The van der Waals surface area contributed by atoms with Crippen molar-refractivity contribution in [1.82, 2.24) is 4.90 Å². The lowest BCUT2D eigenvalue weighted by atomic mass is 10.2. The molecule has 120 valence electrons. The van der Waals surface area contributed by atoms with E-state index in [1.165, 1.54) is 12.6 Å². The Bertz CT molecular complexity index is 735. The smallest absolute Gasteiger partial charge is 0.320 e. The lowest BCUT2D eigenvalue weighted by Crippen LogP contribution is -2.42. The monoisotopic (exact) mass is 312 g/mol. The van der Waals surface area contributed by atoms with Gasteiger partial charge in [0.25, 0.3) is 5.69 Å². The molecule has 23 heavy (non-hydrogen) atoms. The van der Waals surface area contributed by atoms with E-state index in [1.807, 2.05) is 12.1 Å². The zero-order valence-electron chi connectivity index (χ0n) is 13.1. The zero-order chi connectivity index (χ0) is 16.0. The second-order valence-electron chi connectivity index (χ2n) is 6.70. The van der Waals surface area contributed by atoms with E-state index in [9.17, 15) is 10.0 Å².